The second-order valence-corrected chi connectivity index (χ2v) is 11.0. The van der Waals surface area contributed by atoms with Gasteiger partial charge in [-0.25, -0.2) is 15.0 Å². The van der Waals surface area contributed by atoms with Gasteiger partial charge in [0, 0.05) is 48.0 Å². The number of pyridine rings is 1. The number of nitrogens with one attached hydrogen (secondary N) is 1. The lowest BCUT2D eigenvalue weighted by molar-refractivity contribution is -0.137. The number of aromatic nitrogens is 4. The average Bonchev–Trinajstić information content (AvgIpc) is 3.74. The number of alkyl halides is 3. The van der Waals surface area contributed by atoms with Crippen LogP contribution in [0.25, 0.3) is 16.8 Å². The predicted octanol–water partition coefficient (Wildman–Crippen LogP) is 6.29. The van der Waals surface area contributed by atoms with Gasteiger partial charge in [0.15, 0.2) is 0 Å². The van der Waals surface area contributed by atoms with Crippen LogP contribution < -0.4 is 11.1 Å². The minimum Gasteiger partial charge on any atom is -0.382 e. The van der Waals surface area contributed by atoms with Crippen LogP contribution in [-0.4, -0.2) is 31.0 Å². The van der Waals surface area contributed by atoms with Crippen molar-refractivity contribution in [3.8, 4) is 11.3 Å². The normalized spacial score (nSPS) is 19.3. The molecule has 2 atom stereocenters. The van der Waals surface area contributed by atoms with Gasteiger partial charge in [-0.1, -0.05) is 18.6 Å². The number of carbonyl (C=O) groups excluding carboxylic acids is 2. The van der Waals surface area contributed by atoms with Gasteiger partial charge in [0.1, 0.15) is 34.5 Å². The average molecular weight is 563 g/mol. The number of amides is 1. The maximum absolute atomic E-state index is 13.0. The quantitative estimate of drug-likeness (QED) is 0.274. The van der Waals surface area contributed by atoms with Gasteiger partial charge < -0.3 is 11.1 Å². The van der Waals surface area contributed by atoms with Gasteiger partial charge in [0.25, 0.3) is 5.91 Å². The van der Waals surface area contributed by atoms with E-state index in [0.29, 0.717) is 35.2 Å². The molecule has 0 unspecified atom stereocenters. The number of imidazole rings is 1. The molecule has 3 heterocycles. The summed E-state index contributed by atoms with van der Waals surface area (Å²) in [6, 6.07) is 8.25. The van der Waals surface area contributed by atoms with Gasteiger partial charge in [-0.2, -0.15) is 13.2 Å². The summed E-state index contributed by atoms with van der Waals surface area (Å²) >= 11 is 0. The summed E-state index contributed by atoms with van der Waals surface area (Å²) in [5.74, 6) is 1.61. The van der Waals surface area contributed by atoms with Crippen LogP contribution in [0.15, 0.2) is 55.0 Å². The third-order valence-corrected chi connectivity index (χ3v) is 8.03. The maximum atomic E-state index is 13.0. The van der Waals surface area contributed by atoms with E-state index in [4.69, 9.17) is 10.7 Å². The summed E-state index contributed by atoms with van der Waals surface area (Å²) in [7, 11) is 0. The second kappa shape index (κ2) is 10.6. The Bertz CT molecular complexity index is 1610. The molecule has 41 heavy (non-hydrogen) atoms. The first-order chi connectivity index (χ1) is 19.7. The number of hydrogen-bond acceptors (Lipinski definition) is 6. The van der Waals surface area contributed by atoms with E-state index in [-0.39, 0.29) is 23.2 Å². The molecule has 6 rings (SSSR count). The van der Waals surface area contributed by atoms with Crippen LogP contribution in [0.1, 0.15) is 72.6 Å². The van der Waals surface area contributed by atoms with Crippen molar-refractivity contribution in [3.63, 3.8) is 0 Å². The Balaban J connectivity index is 1.24. The molecule has 2 aliphatic rings. The SMILES string of the molecule is Nc1nccn2c([C@@H]3CCC[C@H](CC(=O)C4CC4)C3)nc(-c3ccc(C(=O)Nc4cc(C(F)(F)F)ccn4)cc3)c12. The van der Waals surface area contributed by atoms with E-state index < -0.39 is 17.6 Å². The number of anilines is 2. The van der Waals surface area contributed by atoms with Crippen molar-refractivity contribution in [1.29, 1.82) is 0 Å². The molecule has 4 aromatic rings. The number of Topliss-reactive ketones (excluding diaryl/α,β-unsaturated/α-hetero) is 1. The molecule has 8 nitrogen and oxygen atoms in total. The van der Waals surface area contributed by atoms with E-state index in [1.165, 1.54) is 0 Å². The van der Waals surface area contributed by atoms with Gasteiger partial charge in [-0.15, -0.1) is 0 Å². The molecule has 0 radical (unpaired) electrons. The smallest absolute Gasteiger partial charge is 0.382 e. The van der Waals surface area contributed by atoms with Gasteiger partial charge in [-0.3, -0.25) is 14.0 Å². The molecule has 0 saturated heterocycles. The largest absolute Gasteiger partial charge is 0.416 e. The summed E-state index contributed by atoms with van der Waals surface area (Å²) in [4.78, 5) is 38.3. The molecular formula is C30H29F3N6O2. The number of carbonyl (C=O) groups is 2. The van der Waals surface area contributed by atoms with E-state index in [1.54, 1.807) is 30.5 Å². The highest BCUT2D eigenvalue weighted by Gasteiger charge is 2.34. The second-order valence-electron chi connectivity index (χ2n) is 11.0. The number of nitrogen functional groups attached to an aromatic ring is 1. The summed E-state index contributed by atoms with van der Waals surface area (Å²) in [5.41, 5.74) is 7.68. The molecule has 2 saturated carbocycles. The Labute approximate surface area is 234 Å². The zero-order chi connectivity index (χ0) is 28.7. The Kier molecular flexibility index (Phi) is 6.96. The number of benzene rings is 1. The van der Waals surface area contributed by atoms with Crippen molar-refractivity contribution in [3.05, 3.63) is 71.9 Å². The van der Waals surface area contributed by atoms with Crippen molar-refractivity contribution in [2.45, 2.75) is 57.0 Å². The number of hydrogen-bond donors (Lipinski definition) is 2. The summed E-state index contributed by atoms with van der Waals surface area (Å²) < 4.78 is 41.0. The summed E-state index contributed by atoms with van der Waals surface area (Å²) in [6.07, 6.45) is 6.58. The Morgan fingerprint density at radius 1 is 1.02 bits per heavy atom. The Hall–Kier alpha value is -4.28. The number of nitrogens with two attached hydrogens (primary N) is 1. The van der Waals surface area contributed by atoms with Crippen LogP contribution >= 0.6 is 0 Å². The van der Waals surface area contributed by atoms with Crippen LogP contribution in [0, 0.1) is 11.8 Å². The van der Waals surface area contributed by atoms with Crippen LogP contribution in [0.3, 0.4) is 0 Å². The summed E-state index contributed by atoms with van der Waals surface area (Å²) in [5, 5.41) is 2.42. The number of rotatable bonds is 7. The van der Waals surface area contributed by atoms with Gasteiger partial charge >= 0.3 is 6.18 Å². The fourth-order valence-corrected chi connectivity index (χ4v) is 5.79. The molecule has 0 spiro atoms. The molecular weight excluding hydrogens is 533 g/mol. The molecule has 0 aliphatic heterocycles. The van der Waals surface area contributed by atoms with Crippen LogP contribution in [0.4, 0.5) is 24.8 Å². The first-order valence-corrected chi connectivity index (χ1v) is 13.8. The molecule has 11 heteroatoms. The van der Waals surface area contributed by atoms with Crippen molar-refractivity contribution in [2.24, 2.45) is 11.8 Å². The standard InChI is InChI=1S/C30H29F3N6O2/c31-30(32,33)22-10-11-35-24(16-22)37-29(41)20-8-6-19(7-9-20)25-26-27(34)36-12-13-39(26)28(38-25)21-3-1-2-17(14-21)15-23(40)18-4-5-18/h6-13,16-18,21H,1-5,14-15H2,(H2,34,36)(H,35,37,41)/t17-,21+/m0/s1. The van der Waals surface area contributed by atoms with Crippen LogP contribution in [0.2, 0.25) is 0 Å². The Morgan fingerprint density at radius 2 is 1.80 bits per heavy atom. The zero-order valence-corrected chi connectivity index (χ0v) is 22.2. The highest BCUT2D eigenvalue weighted by Crippen LogP contribution is 2.41. The first-order valence-electron chi connectivity index (χ1n) is 13.8. The van der Waals surface area contributed by atoms with E-state index in [1.807, 2.05) is 10.6 Å². The highest BCUT2D eigenvalue weighted by molar-refractivity contribution is 6.04. The number of nitrogens with zero attached hydrogens (tertiary/aromatic N) is 4. The monoisotopic (exact) mass is 562 g/mol. The lowest BCUT2D eigenvalue weighted by Crippen LogP contribution is -2.19. The van der Waals surface area contributed by atoms with Gasteiger partial charge in [0.05, 0.1) is 5.56 Å². The minimum atomic E-state index is -4.54. The molecule has 0 bridgehead atoms. The molecule has 3 N–H and O–H groups in total. The third kappa shape index (κ3) is 5.66. The highest BCUT2D eigenvalue weighted by atomic mass is 19.4. The van der Waals surface area contributed by atoms with E-state index in [2.05, 4.69) is 15.3 Å². The number of halogens is 3. The lowest BCUT2D eigenvalue weighted by Gasteiger charge is -2.28. The van der Waals surface area contributed by atoms with Crippen molar-refractivity contribution in [1.82, 2.24) is 19.4 Å². The Morgan fingerprint density at radius 3 is 2.54 bits per heavy atom. The molecule has 2 aliphatic carbocycles. The first kappa shape index (κ1) is 26.9. The maximum Gasteiger partial charge on any atom is 0.416 e. The van der Waals surface area contributed by atoms with Crippen molar-refractivity contribution in [2.75, 3.05) is 11.1 Å². The van der Waals surface area contributed by atoms with Gasteiger partial charge in [-0.05, 0) is 62.3 Å². The van der Waals surface area contributed by atoms with E-state index >= 15 is 0 Å². The van der Waals surface area contributed by atoms with Gasteiger partial charge in [0.2, 0.25) is 0 Å². The number of fused-ring (bicyclic) bond motifs is 1. The molecule has 212 valence electrons. The van der Waals surface area contributed by atoms with Crippen LogP contribution in [0.5, 0.6) is 0 Å². The zero-order valence-electron chi connectivity index (χ0n) is 22.2. The summed E-state index contributed by atoms with van der Waals surface area (Å²) in [6.45, 7) is 0. The van der Waals surface area contributed by atoms with E-state index in [0.717, 1.165) is 68.2 Å². The minimum absolute atomic E-state index is 0.175. The number of ketones is 1. The van der Waals surface area contributed by atoms with Crippen molar-refractivity contribution >= 4 is 28.8 Å². The van der Waals surface area contributed by atoms with Crippen molar-refractivity contribution < 1.29 is 22.8 Å². The molecule has 1 amide bonds. The lowest BCUT2D eigenvalue weighted by atomic mass is 9.78. The fourth-order valence-electron chi connectivity index (χ4n) is 5.79. The predicted molar refractivity (Wildman–Crippen MR) is 147 cm³/mol. The fraction of sp³-hybridized carbons (Fsp3) is 0.367. The van der Waals surface area contributed by atoms with E-state index in [9.17, 15) is 22.8 Å². The third-order valence-electron chi connectivity index (χ3n) is 8.03. The molecule has 3 aromatic heterocycles. The van der Waals surface area contributed by atoms with Crippen LogP contribution in [-0.2, 0) is 11.0 Å². The molecule has 2 fully saturated rings. The molecule has 1 aromatic carbocycles. The topological polar surface area (TPSA) is 115 Å².